The van der Waals surface area contributed by atoms with Crippen molar-refractivity contribution in [1.82, 2.24) is 0 Å². The van der Waals surface area contributed by atoms with Gasteiger partial charge in [-0.25, -0.2) is 0 Å². The van der Waals surface area contributed by atoms with Crippen LogP contribution in [-0.2, 0) is 21.8 Å². The van der Waals surface area contributed by atoms with Crippen molar-refractivity contribution in [2.24, 2.45) is 0 Å². The van der Waals surface area contributed by atoms with E-state index in [-0.39, 0.29) is 23.4 Å². The third-order valence-electron chi connectivity index (χ3n) is 2.30. The molecule has 0 aromatic heterocycles. The second-order valence-electron chi connectivity index (χ2n) is 3.67. The minimum Gasteiger partial charge on any atom is -0.469 e. The van der Waals surface area contributed by atoms with E-state index < -0.39 is 18.1 Å². The molecule has 0 radical (unpaired) electrons. The monoisotopic (exact) mass is 307 g/mol. The van der Waals surface area contributed by atoms with Crippen molar-refractivity contribution >= 4 is 17.6 Å². The highest BCUT2D eigenvalue weighted by Crippen LogP contribution is 2.30. The van der Waals surface area contributed by atoms with Crippen molar-refractivity contribution in [3.8, 4) is 11.8 Å². The molecule has 0 saturated heterocycles. The van der Waals surface area contributed by atoms with E-state index in [4.69, 9.17) is 16.9 Å². The molecule has 0 aliphatic heterocycles. The first kappa shape index (κ1) is 16.1. The van der Waals surface area contributed by atoms with E-state index in [1.165, 1.54) is 6.07 Å². The number of carbonyl (C=O) groups is 1. The topological polar surface area (TPSA) is 59.3 Å². The van der Waals surface area contributed by atoms with Crippen molar-refractivity contribution in [1.29, 1.82) is 5.26 Å². The highest BCUT2D eigenvalue weighted by Gasteiger charge is 2.33. The number of nitriles is 1. The number of carbonyl (C=O) groups excluding carboxylic acids is 1. The quantitative estimate of drug-likeness (QED) is 0.634. The molecule has 0 saturated carbocycles. The number of halogens is 4. The number of nitrogens with zero attached hydrogens (tertiary/aromatic N) is 1. The predicted octanol–water partition coefficient (Wildman–Crippen LogP) is 2.91. The summed E-state index contributed by atoms with van der Waals surface area (Å²) in [4.78, 5) is 11.2. The molecule has 0 unspecified atom stereocenters. The van der Waals surface area contributed by atoms with Gasteiger partial charge in [-0.15, -0.1) is 24.8 Å². The van der Waals surface area contributed by atoms with Gasteiger partial charge in [-0.05, 0) is 17.2 Å². The number of alkyl halides is 4. The van der Waals surface area contributed by atoms with Crippen LogP contribution in [0.15, 0.2) is 12.1 Å². The van der Waals surface area contributed by atoms with E-state index in [1.54, 1.807) is 6.07 Å². The molecule has 0 amide bonds. The van der Waals surface area contributed by atoms with Crippen molar-refractivity contribution < 1.29 is 27.4 Å². The van der Waals surface area contributed by atoms with Crippen molar-refractivity contribution in [2.75, 3.05) is 7.11 Å². The van der Waals surface area contributed by atoms with Crippen LogP contribution < -0.4 is 4.74 Å². The number of esters is 1. The predicted molar refractivity (Wildman–Crippen MR) is 63.1 cm³/mol. The van der Waals surface area contributed by atoms with Gasteiger partial charge in [-0.3, -0.25) is 4.79 Å². The minimum atomic E-state index is -4.95. The number of methoxy groups -OCH3 is 1. The second-order valence-corrected chi connectivity index (χ2v) is 3.94. The summed E-state index contributed by atoms with van der Waals surface area (Å²) in [6, 6.07) is 3.97. The molecule has 8 heteroatoms. The van der Waals surface area contributed by atoms with Crippen molar-refractivity contribution in [3.05, 3.63) is 28.8 Å². The lowest BCUT2D eigenvalue weighted by Gasteiger charge is -2.14. The fraction of sp³-hybridized carbons (Fsp3) is 0.333. The first-order valence-electron chi connectivity index (χ1n) is 5.25. The Balaban J connectivity index is 3.32. The molecule has 20 heavy (non-hydrogen) atoms. The average molecular weight is 308 g/mol. The normalized spacial score (nSPS) is 10.8. The number of hydrogen-bond donors (Lipinski definition) is 0. The maximum Gasteiger partial charge on any atom is 0.573 e. The molecular formula is C12H9ClF3NO3. The van der Waals surface area contributed by atoms with Crippen molar-refractivity contribution in [2.45, 2.75) is 18.7 Å². The maximum atomic E-state index is 12.3. The van der Waals surface area contributed by atoms with E-state index >= 15 is 0 Å². The molecule has 0 spiro atoms. The molecule has 0 heterocycles. The van der Waals surface area contributed by atoms with Crippen LogP contribution in [0.3, 0.4) is 0 Å². The lowest BCUT2D eigenvalue weighted by Crippen LogP contribution is -2.19. The van der Waals surface area contributed by atoms with Gasteiger partial charge in [0.2, 0.25) is 0 Å². The molecule has 0 fully saturated rings. The smallest absolute Gasteiger partial charge is 0.469 e. The minimum absolute atomic E-state index is 0.0664. The standard InChI is InChI=1S/C12H9ClF3NO3/c1-19-11(18)4-8-2-7(5-13)3-10(9(8)6-17)20-12(14,15)16/h2-3H,4-5H2,1H3. The Morgan fingerprint density at radius 1 is 1.45 bits per heavy atom. The van der Waals surface area contributed by atoms with Gasteiger partial charge in [0, 0.05) is 5.88 Å². The SMILES string of the molecule is COC(=O)Cc1cc(CCl)cc(OC(F)(F)F)c1C#N. The van der Waals surface area contributed by atoms with E-state index in [0.717, 1.165) is 13.2 Å². The highest BCUT2D eigenvalue weighted by atomic mass is 35.5. The number of rotatable bonds is 4. The molecule has 0 aliphatic rings. The summed E-state index contributed by atoms with van der Waals surface area (Å²) < 4.78 is 45.1. The fourth-order valence-corrected chi connectivity index (χ4v) is 1.67. The van der Waals surface area contributed by atoms with E-state index in [1.807, 2.05) is 0 Å². The summed E-state index contributed by atoms with van der Waals surface area (Å²) in [5.74, 6) is -1.46. The molecule has 0 aliphatic carbocycles. The summed E-state index contributed by atoms with van der Waals surface area (Å²) in [5, 5.41) is 8.96. The van der Waals surface area contributed by atoms with E-state index in [0.29, 0.717) is 5.56 Å². The zero-order valence-corrected chi connectivity index (χ0v) is 11.0. The molecule has 1 aromatic carbocycles. The third kappa shape index (κ3) is 4.31. The summed E-state index contributed by atoms with van der Waals surface area (Å²) in [5.41, 5.74) is -0.0119. The van der Waals surface area contributed by atoms with Gasteiger partial charge in [0.15, 0.2) is 0 Å². The van der Waals surface area contributed by atoms with Gasteiger partial charge in [0.05, 0.1) is 19.1 Å². The van der Waals surface area contributed by atoms with Crippen LogP contribution >= 0.6 is 11.6 Å². The fourth-order valence-electron chi connectivity index (χ4n) is 1.51. The summed E-state index contributed by atoms with van der Waals surface area (Å²) in [7, 11) is 1.13. The van der Waals surface area contributed by atoms with Crippen LogP contribution in [0, 0.1) is 11.3 Å². The molecule has 1 rings (SSSR count). The summed E-state index contributed by atoms with van der Waals surface area (Å²) >= 11 is 5.57. The molecular weight excluding hydrogens is 299 g/mol. The summed E-state index contributed by atoms with van der Waals surface area (Å²) in [6.07, 6.45) is -5.29. The number of ether oxygens (including phenoxy) is 2. The Bertz CT molecular complexity index is 552. The molecule has 1 aromatic rings. The van der Waals surface area contributed by atoms with E-state index in [2.05, 4.69) is 9.47 Å². The molecule has 0 N–H and O–H groups in total. The number of benzene rings is 1. The second kappa shape index (κ2) is 6.48. The van der Waals surface area contributed by atoms with Crippen LogP contribution in [0.1, 0.15) is 16.7 Å². The van der Waals surface area contributed by atoms with Gasteiger partial charge in [0.1, 0.15) is 11.8 Å². The highest BCUT2D eigenvalue weighted by molar-refractivity contribution is 6.17. The zero-order valence-electron chi connectivity index (χ0n) is 10.3. The Hall–Kier alpha value is -1.94. The van der Waals surface area contributed by atoms with Crippen LogP contribution in [0.2, 0.25) is 0 Å². The van der Waals surface area contributed by atoms with Crippen LogP contribution in [0.5, 0.6) is 5.75 Å². The Morgan fingerprint density at radius 2 is 2.10 bits per heavy atom. The van der Waals surface area contributed by atoms with Crippen molar-refractivity contribution in [3.63, 3.8) is 0 Å². The Kier molecular flexibility index (Phi) is 5.22. The molecule has 0 bridgehead atoms. The Labute approximate surface area is 117 Å². The van der Waals surface area contributed by atoms with Gasteiger partial charge < -0.3 is 9.47 Å². The molecule has 108 valence electrons. The summed E-state index contributed by atoms with van der Waals surface area (Å²) in [6.45, 7) is 0. The van der Waals surface area contributed by atoms with E-state index in [9.17, 15) is 18.0 Å². The lowest BCUT2D eigenvalue weighted by molar-refractivity contribution is -0.274. The lowest BCUT2D eigenvalue weighted by atomic mass is 10.0. The van der Waals surface area contributed by atoms with Crippen LogP contribution in [0.25, 0.3) is 0 Å². The first-order valence-corrected chi connectivity index (χ1v) is 5.78. The van der Waals surface area contributed by atoms with Gasteiger partial charge in [-0.2, -0.15) is 5.26 Å². The first-order chi connectivity index (χ1) is 9.30. The average Bonchev–Trinajstić information content (AvgIpc) is 2.36. The zero-order chi connectivity index (χ0) is 15.3. The third-order valence-corrected chi connectivity index (χ3v) is 2.61. The van der Waals surface area contributed by atoms with Gasteiger partial charge >= 0.3 is 12.3 Å². The van der Waals surface area contributed by atoms with Crippen LogP contribution in [0.4, 0.5) is 13.2 Å². The molecule has 0 atom stereocenters. The maximum absolute atomic E-state index is 12.3. The molecule has 4 nitrogen and oxygen atoms in total. The largest absolute Gasteiger partial charge is 0.573 e. The number of hydrogen-bond acceptors (Lipinski definition) is 4. The van der Waals surface area contributed by atoms with Gasteiger partial charge in [0.25, 0.3) is 0 Å². The van der Waals surface area contributed by atoms with Crippen LogP contribution in [-0.4, -0.2) is 19.4 Å². The van der Waals surface area contributed by atoms with Gasteiger partial charge in [-0.1, -0.05) is 6.07 Å². The Morgan fingerprint density at radius 3 is 2.55 bits per heavy atom.